The van der Waals surface area contributed by atoms with Crippen LogP contribution in [0.5, 0.6) is 5.75 Å². The summed E-state index contributed by atoms with van der Waals surface area (Å²) in [6.07, 6.45) is 6.47. The number of aromatic nitrogens is 2. The zero-order valence-electron chi connectivity index (χ0n) is 17.7. The van der Waals surface area contributed by atoms with Crippen molar-refractivity contribution in [1.29, 1.82) is 0 Å². The molecule has 1 aromatic carbocycles. The first kappa shape index (κ1) is 21.7. The number of hydrogen-bond donors (Lipinski definition) is 0. The summed E-state index contributed by atoms with van der Waals surface area (Å²) in [5.74, 6) is 0.837. The first-order chi connectivity index (χ1) is 15.2. The standard InChI is InChI=1S/C22H29N5O3S/c28-17-26-12-10-25(11-13-26)16-18-4-6-20(7-5-18)30-14-8-19-3-1-2-9-27(19)22(29)21-15-23-31-24-21/h4-7,15,17,19H,1-3,8-14,16H2. The summed E-state index contributed by atoms with van der Waals surface area (Å²) in [4.78, 5) is 29.7. The molecule has 1 aromatic heterocycles. The molecule has 2 amide bonds. The maximum atomic E-state index is 12.7. The first-order valence-electron chi connectivity index (χ1n) is 10.9. The van der Waals surface area contributed by atoms with Gasteiger partial charge in [-0.3, -0.25) is 14.5 Å². The van der Waals surface area contributed by atoms with Crippen LogP contribution in [0.2, 0.25) is 0 Å². The number of carbonyl (C=O) groups is 2. The van der Waals surface area contributed by atoms with E-state index < -0.39 is 0 Å². The lowest BCUT2D eigenvalue weighted by molar-refractivity contribution is -0.119. The molecule has 0 aliphatic carbocycles. The van der Waals surface area contributed by atoms with Crippen LogP contribution in [-0.4, -0.2) is 81.1 Å². The number of piperazine rings is 1. The quantitative estimate of drug-likeness (QED) is 0.583. The van der Waals surface area contributed by atoms with Crippen LogP contribution in [0, 0.1) is 0 Å². The van der Waals surface area contributed by atoms with Crippen LogP contribution >= 0.6 is 11.7 Å². The van der Waals surface area contributed by atoms with Gasteiger partial charge in [0.05, 0.1) is 24.5 Å². The van der Waals surface area contributed by atoms with Gasteiger partial charge in [0.2, 0.25) is 6.41 Å². The number of amides is 2. The van der Waals surface area contributed by atoms with Crippen LogP contribution in [0.15, 0.2) is 30.5 Å². The number of rotatable bonds is 8. The average molecular weight is 444 g/mol. The van der Waals surface area contributed by atoms with Gasteiger partial charge in [0.15, 0.2) is 5.69 Å². The molecule has 2 fully saturated rings. The molecule has 4 rings (SSSR count). The van der Waals surface area contributed by atoms with Gasteiger partial charge in [-0.2, -0.15) is 8.75 Å². The van der Waals surface area contributed by atoms with E-state index in [0.29, 0.717) is 12.3 Å². The van der Waals surface area contributed by atoms with Crippen molar-refractivity contribution in [2.75, 3.05) is 39.3 Å². The summed E-state index contributed by atoms with van der Waals surface area (Å²) >= 11 is 1.07. The topological polar surface area (TPSA) is 78.9 Å². The fourth-order valence-corrected chi connectivity index (χ4v) is 4.67. The summed E-state index contributed by atoms with van der Waals surface area (Å²) in [5, 5.41) is 0. The van der Waals surface area contributed by atoms with Crippen LogP contribution in [0.25, 0.3) is 0 Å². The molecule has 31 heavy (non-hydrogen) atoms. The Labute approximate surface area is 187 Å². The zero-order chi connectivity index (χ0) is 21.5. The van der Waals surface area contributed by atoms with Crippen LogP contribution in [-0.2, 0) is 11.3 Å². The molecule has 1 unspecified atom stereocenters. The van der Waals surface area contributed by atoms with E-state index in [-0.39, 0.29) is 11.9 Å². The molecule has 2 aliphatic heterocycles. The van der Waals surface area contributed by atoms with Crippen molar-refractivity contribution in [2.24, 2.45) is 0 Å². The molecular weight excluding hydrogens is 414 g/mol. The normalized spacial score (nSPS) is 19.9. The van der Waals surface area contributed by atoms with Gasteiger partial charge in [0, 0.05) is 51.7 Å². The number of nitrogens with zero attached hydrogens (tertiary/aromatic N) is 5. The minimum absolute atomic E-state index is 0.0169. The van der Waals surface area contributed by atoms with Crippen LogP contribution in [0.1, 0.15) is 41.7 Å². The monoisotopic (exact) mass is 443 g/mol. The Morgan fingerprint density at radius 2 is 1.94 bits per heavy atom. The molecule has 166 valence electrons. The van der Waals surface area contributed by atoms with Crippen LogP contribution in [0.3, 0.4) is 0 Å². The molecule has 9 heteroatoms. The van der Waals surface area contributed by atoms with E-state index in [1.165, 1.54) is 5.56 Å². The van der Waals surface area contributed by atoms with Crippen molar-refractivity contribution in [3.8, 4) is 5.75 Å². The molecule has 0 saturated carbocycles. The molecule has 3 heterocycles. The van der Waals surface area contributed by atoms with Gasteiger partial charge in [-0.15, -0.1) is 0 Å². The molecule has 2 saturated heterocycles. The summed E-state index contributed by atoms with van der Waals surface area (Å²) < 4.78 is 14.0. The average Bonchev–Trinajstić information content (AvgIpc) is 3.36. The second-order valence-electron chi connectivity index (χ2n) is 8.14. The van der Waals surface area contributed by atoms with Crippen molar-refractivity contribution in [2.45, 2.75) is 38.3 Å². The predicted octanol–water partition coefficient (Wildman–Crippen LogP) is 2.28. The van der Waals surface area contributed by atoms with Gasteiger partial charge in [0.25, 0.3) is 5.91 Å². The van der Waals surface area contributed by atoms with E-state index in [1.54, 1.807) is 6.20 Å². The van der Waals surface area contributed by atoms with Gasteiger partial charge >= 0.3 is 0 Å². The zero-order valence-corrected chi connectivity index (χ0v) is 18.5. The summed E-state index contributed by atoms with van der Waals surface area (Å²) in [7, 11) is 0. The maximum absolute atomic E-state index is 12.7. The highest BCUT2D eigenvalue weighted by Crippen LogP contribution is 2.22. The van der Waals surface area contributed by atoms with E-state index in [4.69, 9.17) is 4.74 Å². The van der Waals surface area contributed by atoms with Gasteiger partial charge in [0.1, 0.15) is 5.75 Å². The van der Waals surface area contributed by atoms with Crippen LogP contribution < -0.4 is 4.74 Å². The minimum Gasteiger partial charge on any atom is -0.494 e. The third kappa shape index (κ3) is 5.80. The lowest BCUT2D eigenvalue weighted by Crippen LogP contribution is -2.45. The van der Waals surface area contributed by atoms with E-state index in [0.717, 1.165) is 88.8 Å². The van der Waals surface area contributed by atoms with Crippen molar-refractivity contribution in [3.05, 3.63) is 41.7 Å². The largest absolute Gasteiger partial charge is 0.494 e. The molecule has 0 radical (unpaired) electrons. The third-order valence-corrected chi connectivity index (χ3v) is 6.55. The van der Waals surface area contributed by atoms with E-state index in [1.807, 2.05) is 21.9 Å². The van der Waals surface area contributed by atoms with Gasteiger partial charge in [-0.1, -0.05) is 12.1 Å². The van der Waals surface area contributed by atoms with E-state index >= 15 is 0 Å². The Hall–Kier alpha value is -2.52. The van der Waals surface area contributed by atoms with Crippen molar-refractivity contribution >= 4 is 24.0 Å². The SMILES string of the molecule is O=CN1CCN(Cc2ccc(OCCC3CCCCN3C(=O)c3cnsn3)cc2)CC1. The molecule has 2 aromatic rings. The van der Waals surface area contributed by atoms with Crippen LogP contribution in [0.4, 0.5) is 0 Å². The smallest absolute Gasteiger partial charge is 0.275 e. The highest BCUT2D eigenvalue weighted by atomic mass is 32.1. The van der Waals surface area contributed by atoms with E-state index in [2.05, 4.69) is 25.8 Å². The lowest BCUT2D eigenvalue weighted by atomic mass is 9.99. The number of hydrogen-bond acceptors (Lipinski definition) is 7. The molecule has 0 spiro atoms. The summed E-state index contributed by atoms with van der Waals surface area (Å²) in [6.45, 7) is 5.65. The second-order valence-corrected chi connectivity index (χ2v) is 8.70. The maximum Gasteiger partial charge on any atom is 0.275 e. The second kappa shape index (κ2) is 10.7. The van der Waals surface area contributed by atoms with Gasteiger partial charge < -0.3 is 14.5 Å². The number of likely N-dealkylation sites (tertiary alicyclic amines) is 1. The van der Waals surface area contributed by atoms with Crippen molar-refractivity contribution < 1.29 is 14.3 Å². The van der Waals surface area contributed by atoms with Gasteiger partial charge in [-0.25, -0.2) is 0 Å². The van der Waals surface area contributed by atoms with E-state index in [9.17, 15) is 9.59 Å². The molecule has 0 bridgehead atoms. The molecule has 0 N–H and O–H groups in total. The van der Waals surface area contributed by atoms with Gasteiger partial charge in [-0.05, 0) is 37.0 Å². The molecule has 8 nitrogen and oxygen atoms in total. The first-order valence-corrected chi connectivity index (χ1v) is 11.7. The Morgan fingerprint density at radius 1 is 1.13 bits per heavy atom. The number of piperidine rings is 1. The molecular formula is C22H29N5O3S. The predicted molar refractivity (Wildman–Crippen MR) is 118 cm³/mol. The Morgan fingerprint density at radius 3 is 2.65 bits per heavy atom. The summed E-state index contributed by atoms with van der Waals surface area (Å²) in [6, 6.07) is 8.43. The third-order valence-electron chi connectivity index (χ3n) is 6.07. The highest BCUT2D eigenvalue weighted by Gasteiger charge is 2.28. The fourth-order valence-electron chi connectivity index (χ4n) is 4.26. The number of benzene rings is 1. The Balaban J connectivity index is 1.23. The fraction of sp³-hybridized carbons (Fsp3) is 0.545. The number of ether oxygens (including phenoxy) is 1. The minimum atomic E-state index is -0.0169. The Kier molecular flexibility index (Phi) is 7.48. The van der Waals surface area contributed by atoms with Crippen molar-refractivity contribution in [3.63, 3.8) is 0 Å². The number of carbonyl (C=O) groups excluding carboxylic acids is 2. The Bertz CT molecular complexity index is 837. The summed E-state index contributed by atoms with van der Waals surface area (Å²) in [5.41, 5.74) is 1.69. The van der Waals surface area contributed by atoms with Crippen molar-refractivity contribution in [1.82, 2.24) is 23.4 Å². The lowest BCUT2D eigenvalue weighted by Gasteiger charge is -2.35. The molecule has 1 atom stereocenters. The molecule has 2 aliphatic rings. The highest BCUT2D eigenvalue weighted by molar-refractivity contribution is 6.99.